The van der Waals surface area contributed by atoms with Crippen LogP contribution in [0, 0.1) is 0 Å². The molecule has 0 aliphatic heterocycles. The van der Waals surface area contributed by atoms with E-state index in [9.17, 15) is 0 Å². The molecule has 0 saturated carbocycles. The van der Waals surface area contributed by atoms with Crippen LogP contribution in [0.15, 0.2) is 108 Å². The molecule has 0 spiro atoms. The van der Waals surface area contributed by atoms with Crippen LogP contribution in [0.2, 0.25) is 0 Å². The van der Waals surface area contributed by atoms with E-state index >= 15 is 0 Å². The Kier molecular flexibility index (Phi) is 6.65. The molecule has 2 aromatic carbocycles. The average molecular weight is 346 g/mol. The molecule has 0 atom stereocenters. The minimum atomic E-state index is -0.108. The van der Waals surface area contributed by atoms with Gasteiger partial charge in [-0.15, -0.1) is 0 Å². The Bertz CT molecular complexity index is 684. The van der Waals surface area contributed by atoms with E-state index in [0.717, 1.165) is 12.8 Å². The summed E-state index contributed by atoms with van der Waals surface area (Å²) in [7, 11) is 0. The van der Waals surface area contributed by atoms with E-state index in [1.54, 1.807) is 11.1 Å². The van der Waals surface area contributed by atoms with Crippen molar-refractivity contribution in [2.24, 2.45) is 0 Å². The van der Waals surface area contributed by atoms with Gasteiger partial charge in [0.2, 0.25) is 0 Å². The molecule has 0 amide bonds. The normalized spacial score (nSPS) is 14.7. The molecule has 118 valence electrons. The van der Waals surface area contributed by atoms with Gasteiger partial charge in [0.15, 0.2) is 0 Å². The van der Waals surface area contributed by atoms with Gasteiger partial charge in [0.25, 0.3) is 0 Å². The maximum atomic E-state index is 2.24. The first kappa shape index (κ1) is 17.0. The number of allylic oxidation sites excluding steroid dienone is 8. The third-order valence-electron chi connectivity index (χ3n) is 3.99. The number of benzene rings is 2. The Morgan fingerprint density at radius 1 is 0.625 bits per heavy atom. The molecular weight excluding hydrogens is 324 g/mol. The van der Waals surface area contributed by atoms with E-state index in [4.69, 9.17) is 0 Å². The molecule has 0 bridgehead atoms. The standard InChI is InChI=1S/C11H12.2C6H5.Ti/c1-2-6-10(5-1)9-11-7-3-4-8-11;2*1-2-4-6-5-3-1;/h1-5,7H,6,8-9H2;2*1-5H;. The van der Waals surface area contributed by atoms with Crippen molar-refractivity contribution >= 4 is 7.74 Å². The third kappa shape index (κ3) is 5.63. The average Bonchev–Trinajstić information content (AvgIpc) is 3.32. The van der Waals surface area contributed by atoms with E-state index < -0.39 is 0 Å². The topological polar surface area (TPSA) is 0 Å². The van der Waals surface area contributed by atoms with Crippen LogP contribution in [0.4, 0.5) is 0 Å². The molecule has 0 nitrogen and oxygen atoms in total. The molecule has 2 aromatic rings. The summed E-state index contributed by atoms with van der Waals surface area (Å²) in [6.45, 7) is 0. The Morgan fingerprint density at radius 2 is 1.08 bits per heavy atom. The summed E-state index contributed by atoms with van der Waals surface area (Å²) in [5, 5.41) is 0. The van der Waals surface area contributed by atoms with E-state index in [0.29, 0.717) is 0 Å². The fourth-order valence-electron chi connectivity index (χ4n) is 2.75. The van der Waals surface area contributed by atoms with Crippen molar-refractivity contribution < 1.29 is 19.2 Å². The molecular formula is C23H22Ti. The summed E-state index contributed by atoms with van der Waals surface area (Å²) < 4.78 is 2.99. The summed E-state index contributed by atoms with van der Waals surface area (Å²) in [5.74, 6) is 0. The predicted octanol–water partition coefficient (Wildman–Crippen LogP) is 4.87. The van der Waals surface area contributed by atoms with Crippen LogP contribution < -0.4 is 7.74 Å². The van der Waals surface area contributed by atoms with Crippen LogP contribution in [-0.4, -0.2) is 0 Å². The second-order valence-electron chi connectivity index (χ2n) is 5.95. The zero-order valence-electron chi connectivity index (χ0n) is 13.9. The fourth-order valence-corrected chi connectivity index (χ4v) is 4.39. The van der Waals surface area contributed by atoms with Gasteiger partial charge in [-0.3, -0.25) is 0 Å². The van der Waals surface area contributed by atoms with Crippen LogP contribution in [0.3, 0.4) is 0 Å². The molecule has 0 aromatic heterocycles. The summed E-state index contributed by atoms with van der Waals surface area (Å²) >= 11 is -0.108. The molecule has 0 unspecified atom stereocenters. The van der Waals surface area contributed by atoms with Crippen molar-refractivity contribution in [3.8, 4) is 0 Å². The Hall–Kier alpha value is -1.89. The van der Waals surface area contributed by atoms with Gasteiger partial charge in [-0.25, -0.2) is 0 Å². The molecule has 4 rings (SSSR count). The second kappa shape index (κ2) is 9.42. The minimum absolute atomic E-state index is 0.108. The van der Waals surface area contributed by atoms with Crippen molar-refractivity contribution in [2.75, 3.05) is 0 Å². The summed E-state index contributed by atoms with van der Waals surface area (Å²) in [4.78, 5) is 0. The first-order chi connectivity index (χ1) is 11.9. The van der Waals surface area contributed by atoms with Gasteiger partial charge in [0, 0.05) is 0 Å². The number of hydrogen-bond donors (Lipinski definition) is 0. The van der Waals surface area contributed by atoms with Gasteiger partial charge in [0.1, 0.15) is 0 Å². The molecule has 0 radical (unpaired) electrons. The van der Waals surface area contributed by atoms with Crippen molar-refractivity contribution in [2.45, 2.75) is 19.3 Å². The molecule has 1 heteroatoms. The Morgan fingerprint density at radius 3 is 1.46 bits per heavy atom. The second-order valence-corrected chi connectivity index (χ2v) is 8.14. The number of hydrogen-bond acceptors (Lipinski definition) is 0. The SMILES string of the molecule is C1=CCC(CC2=CC=CC2)=C1.c1cc[c]([Ti][c]2ccccc2)cc1. The van der Waals surface area contributed by atoms with Gasteiger partial charge in [-0.05, 0) is 19.3 Å². The Labute approximate surface area is 154 Å². The Balaban J connectivity index is 0.000000143. The summed E-state index contributed by atoms with van der Waals surface area (Å²) in [6.07, 6.45) is 16.7. The van der Waals surface area contributed by atoms with Gasteiger partial charge in [-0.2, -0.15) is 0 Å². The monoisotopic (exact) mass is 346 g/mol. The van der Waals surface area contributed by atoms with Crippen LogP contribution in [0.25, 0.3) is 0 Å². The molecule has 2 aliphatic carbocycles. The molecule has 0 heterocycles. The van der Waals surface area contributed by atoms with E-state index in [1.165, 1.54) is 14.2 Å². The van der Waals surface area contributed by atoms with Crippen molar-refractivity contribution in [1.29, 1.82) is 0 Å². The first-order valence-electron chi connectivity index (χ1n) is 8.46. The van der Waals surface area contributed by atoms with Crippen LogP contribution in [0.1, 0.15) is 19.3 Å². The van der Waals surface area contributed by atoms with Crippen LogP contribution in [0.5, 0.6) is 0 Å². The molecule has 24 heavy (non-hydrogen) atoms. The van der Waals surface area contributed by atoms with E-state index in [1.807, 2.05) is 0 Å². The van der Waals surface area contributed by atoms with Gasteiger partial charge < -0.3 is 0 Å². The first-order valence-corrected chi connectivity index (χ1v) is 10.0. The van der Waals surface area contributed by atoms with Crippen molar-refractivity contribution in [3.63, 3.8) is 0 Å². The summed E-state index contributed by atoms with van der Waals surface area (Å²) in [6, 6.07) is 21.5. The van der Waals surface area contributed by atoms with E-state index in [2.05, 4.69) is 97.1 Å². The molecule has 0 saturated heterocycles. The van der Waals surface area contributed by atoms with Crippen molar-refractivity contribution in [3.05, 3.63) is 108 Å². The van der Waals surface area contributed by atoms with Crippen LogP contribution >= 0.6 is 0 Å². The maximum absolute atomic E-state index is 2.24. The quantitative estimate of drug-likeness (QED) is 0.693. The fraction of sp³-hybridized carbons (Fsp3) is 0.130. The third-order valence-corrected chi connectivity index (χ3v) is 5.93. The van der Waals surface area contributed by atoms with Gasteiger partial charge in [0.05, 0.1) is 0 Å². The van der Waals surface area contributed by atoms with E-state index in [-0.39, 0.29) is 19.2 Å². The summed E-state index contributed by atoms with van der Waals surface area (Å²) in [5.41, 5.74) is 3.11. The zero-order chi connectivity index (χ0) is 16.5. The number of rotatable bonds is 4. The van der Waals surface area contributed by atoms with Crippen molar-refractivity contribution in [1.82, 2.24) is 0 Å². The zero-order valence-corrected chi connectivity index (χ0v) is 15.4. The molecule has 0 N–H and O–H groups in total. The molecule has 2 aliphatic rings. The van der Waals surface area contributed by atoms with Gasteiger partial charge in [-0.1, -0.05) is 47.6 Å². The predicted molar refractivity (Wildman–Crippen MR) is 100 cm³/mol. The van der Waals surface area contributed by atoms with Gasteiger partial charge >= 0.3 is 87.6 Å². The molecule has 0 fully saturated rings. The van der Waals surface area contributed by atoms with Crippen LogP contribution in [-0.2, 0) is 19.2 Å².